The summed E-state index contributed by atoms with van der Waals surface area (Å²) in [6.45, 7) is 2.26. The molecule has 1 amide bonds. The Morgan fingerprint density at radius 3 is 2.77 bits per heavy atom. The fraction of sp³-hybridized carbons (Fsp3) is 0.150. The molecule has 0 spiro atoms. The van der Waals surface area contributed by atoms with E-state index in [-0.39, 0.29) is 5.91 Å². The molecule has 0 aliphatic carbocycles. The third kappa shape index (κ3) is 2.97. The van der Waals surface area contributed by atoms with E-state index in [0.717, 1.165) is 26.5 Å². The van der Waals surface area contributed by atoms with Gasteiger partial charge in [-0.3, -0.25) is 4.79 Å². The number of carbonyl (C=O) groups is 1. The van der Waals surface area contributed by atoms with Gasteiger partial charge in [-0.2, -0.15) is 0 Å². The summed E-state index contributed by atoms with van der Waals surface area (Å²) in [6, 6.07) is 15.3. The molecule has 5 nitrogen and oxygen atoms in total. The van der Waals surface area contributed by atoms with Gasteiger partial charge in [0.25, 0.3) is 5.91 Å². The number of rotatable bonds is 3. The minimum absolute atomic E-state index is 0.206. The predicted molar refractivity (Wildman–Crippen MR) is 104 cm³/mol. The third-order valence-corrected chi connectivity index (χ3v) is 4.90. The maximum Gasteiger partial charge on any atom is 0.289 e. The highest BCUT2D eigenvalue weighted by molar-refractivity contribution is 9.10. The zero-order chi connectivity index (χ0) is 18.3. The van der Waals surface area contributed by atoms with Gasteiger partial charge in [0, 0.05) is 23.5 Å². The lowest BCUT2D eigenvalue weighted by molar-refractivity contribution is 0.0752. The van der Waals surface area contributed by atoms with E-state index in [1.807, 2.05) is 49.4 Å². The Balaban J connectivity index is 1.62. The summed E-state index contributed by atoms with van der Waals surface area (Å²) in [7, 11) is 1.72. The first-order chi connectivity index (χ1) is 12.5. The van der Waals surface area contributed by atoms with Gasteiger partial charge in [-0.15, -0.1) is 0 Å². The van der Waals surface area contributed by atoms with Crippen molar-refractivity contribution in [2.24, 2.45) is 0 Å². The summed E-state index contributed by atoms with van der Waals surface area (Å²) in [4.78, 5) is 23.4. The Bertz CT molecular complexity index is 1140. The zero-order valence-electron chi connectivity index (χ0n) is 14.4. The van der Waals surface area contributed by atoms with Crippen molar-refractivity contribution in [1.29, 1.82) is 0 Å². The topological polar surface area (TPSA) is 59.2 Å². The minimum atomic E-state index is -0.206. The number of aromatic nitrogens is 2. The van der Waals surface area contributed by atoms with Gasteiger partial charge in [0.15, 0.2) is 5.76 Å². The molecule has 130 valence electrons. The van der Waals surface area contributed by atoms with Crippen LogP contribution in [-0.2, 0) is 6.54 Å². The highest BCUT2D eigenvalue weighted by atomic mass is 79.9. The average Bonchev–Trinajstić information content (AvgIpc) is 3.07. The quantitative estimate of drug-likeness (QED) is 0.491. The molecular formula is C20H16BrN3O2. The Morgan fingerprint density at radius 2 is 1.96 bits per heavy atom. The standard InChI is InChI=1S/C20H16BrN3O2/c1-12-14-7-3-4-9-16(14)23-18(22-12)11-24(2)20(25)17-10-13-6-5-8-15(21)19(13)26-17/h3-10H,11H2,1-2H3. The molecule has 0 aliphatic rings. The molecule has 2 aromatic carbocycles. The largest absolute Gasteiger partial charge is 0.450 e. The molecule has 0 bridgehead atoms. The zero-order valence-corrected chi connectivity index (χ0v) is 15.9. The van der Waals surface area contributed by atoms with E-state index in [9.17, 15) is 4.79 Å². The van der Waals surface area contributed by atoms with Gasteiger partial charge in [0.1, 0.15) is 11.4 Å². The molecule has 0 saturated carbocycles. The summed E-state index contributed by atoms with van der Waals surface area (Å²) in [5.74, 6) is 0.698. The van der Waals surface area contributed by atoms with Crippen LogP contribution in [0.15, 0.2) is 57.4 Å². The second-order valence-corrected chi connectivity index (χ2v) is 7.03. The van der Waals surface area contributed by atoms with Gasteiger partial charge in [0.05, 0.1) is 16.5 Å². The number of benzene rings is 2. The van der Waals surface area contributed by atoms with E-state index in [1.54, 1.807) is 18.0 Å². The molecule has 0 unspecified atom stereocenters. The van der Waals surface area contributed by atoms with Crippen LogP contribution < -0.4 is 0 Å². The average molecular weight is 410 g/mol. The summed E-state index contributed by atoms with van der Waals surface area (Å²) >= 11 is 3.44. The molecule has 0 saturated heterocycles. The van der Waals surface area contributed by atoms with Crippen molar-refractivity contribution in [1.82, 2.24) is 14.9 Å². The lowest BCUT2D eigenvalue weighted by Crippen LogP contribution is -2.26. The van der Waals surface area contributed by atoms with Crippen molar-refractivity contribution in [3.8, 4) is 0 Å². The number of amides is 1. The molecule has 2 aromatic heterocycles. The molecule has 0 radical (unpaired) electrons. The smallest absolute Gasteiger partial charge is 0.289 e. The number of para-hydroxylation sites is 2. The van der Waals surface area contributed by atoms with E-state index in [4.69, 9.17) is 4.42 Å². The van der Waals surface area contributed by atoms with Crippen LogP contribution in [0.5, 0.6) is 0 Å². The van der Waals surface area contributed by atoms with E-state index in [1.165, 1.54) is 0 Å². The molecule has 0 atom stereocenters. The molecule has 2 heterocycles. The second kappa shape index (κ2) is 6.53. The predicted octanol–water partition coefficient (Wildman–Crippen LogP) is 4.72. The SMILES string of the molecule is Cc1nc(CN(C)C(=O)c2cc3cccc(Br)c3o2)nc2ccccc12. The molecule has 0 fully saturated rings. The lowest BCUT2D eigenvalue weighted by atomic mass is 10.2. The van der Waals surface area contributed by atoms with Crippen LogP contribution in [-0.4, -0.2) is 27.8 Å². The third-order valence-electron chi connectivity index (χ3n) is 4.27. The Kier molecular flexibility index (Phi) is 4.20. The molecule has 0 N–H and O–H groups in total. The summed E-state index contributed by atoms with van der Waals surface area (Å²) < 4.78 is 6.56. The van der Waals surface area contributed by atoms with Gasteiger partial charge in [-0.05, 0) is 41.1 Å². The van der Waals surface area contributed by atoms with Crippen LogP contribution >= 0.6 is 15.9 Å². The Hall–Kier alpha value is -2.73. The number of halogens is 1. The van der Waals surface area contributed by atoms with Crippen molar-refractivity contribution in [2.45, 2.75) is 13.5 Å². The van der Waals surface area contributed by atoms with Crippen LogP contribution in [0, 0.1) is 6.92 Å². The number of furan rings is 1. The number of aryl methyl sites for hydroxylation is 1. The van der Waals surface area contributed by atoms with Crippen LogP contribution in [0.2, 0.25) is 0 Å². The summed E-state index contributed by atoms with van der Waals surface area (Å²) in [5, 5.41) is 1.90. The highest BCUT2D eigenvalue weighted by Gasteiger charge is 2.19. The monoisotopic (exact) mass is 409 g/mol. The number of hydrogen-bond acceptors (Lipinski definition) is 4. The highest BCUT2D eigenvalue weighted by Crippen LogP contribution is 2.27. The van der Waals surface area contributed by atoms with E-state index in [2.05, 4.69) is 25.9 Å². The Morgan fingerprint density at radius 1 is 1.15 bits per heavy atom. The van der Waals surface area contributed by atoms with Crippen molar-refractivity contribution in [3.63, 3.8) is 0 Å². The van der Waals surface area contributed by atoms with Crippen LogP contribution in [0.25, 0.3) is 21.9 Å². The summed E-state index contributed by atoms with van der Waals surface area (Å²) in [6.07, 6.45) is 0. The molecule has 4 aromatic rings. The van der Waals surface area contributed by atoms with Gasteiger partial charge in [0.2, 0.25) is 0 Å². The summed E-state index contributed by atoms with van der Waals surface area (Å²) in [5.41, 5.74) is 2.45. The van der Waals surface area contributed by atoms with Crippen molar-refractivity contribution in [3.05, 3.63) is 70.3 Å². The Labute approximate surface area is 158 Å². The fourth-order valence-corrected chi connectivity index (χ4v) is 3.43. The van der Waals surface area contributed by atoms with Crippen LogP contribution in [0.3, 0.4) is 0 Å². The first-order valence-electron chi connectivity index (χ1n) is 8.19. The van der Waals surface area contributed by atoms with Gasteiger partial charge in [-0.25, -0.2) is 9.97 Å². The normalized spacial score (nSPS) is 11.2. The minimum Gasteiger partial charge on any atom is -0.450 e. The van der Waals surface area contributed by atoms with Crippen LogP contribution in [0.1, 0.15) is 22.1 Å². The van der Waals surface area contributed by atoms with E-state index >= 15 is 0 Å². The van der Waals surface area contributed by atoms with Crippen molar-refractivity contribution in [2.75, 3.05) is 7.05 Å². The van der Waals surface area contributed by atoms with Gasteiger partial charge >= 0.3 is 0 Å². The lowest BCUT2D eigenvalue weighted by Gasteiger charge is -2.15. The molecule has 6 heteroatoms. The maximum absolute atomic E-state index is 12.7. The van der Waals surface area contributed by atoms with Gasteiger partial charge < -0.3 is 9.32 Å². The van der Waals surface area contributed by atoms with E-state index < -0.39 is 0 Å². The number of nitrogens with zero attached hydrogens (tertiary/aromatic N) is 3. The van der Waals surface area contributed by atoms with Crippen LogP contribution in [0.4, 0.5) is 0 Å². The maximum atomic E-state index is 12.7. The van der Waals surface area contributed by atoms with Crippen molar-refractivity contribution < 1.29 is 9.21 Å². The van der Waals surface area contributed by atoms with Gasteiger partial charge in [-0.1, -0.05) is 30.3 Å². The number of carbonyl (C=O) groups excluding carboxylic acids is 1. The number of fused-ring (bicyclic) bond motifs is 2. The fourth-order valence-electron chi connectivity index (χ4n) is 2.97. The molecule has 0 aliphatic heterocycles. The van der Waals surface area contributed by atoms with E-state index in [0.29, 0.717) is 23.7 Å². The first-order valence-corrected chi connectivity index (χ1v) is 8.98. The molecule has 26 heavy (non-hydrogen) atoms. The first kappa shape index (κ1) is 16.7. The molecular weight excluding hydrogens is 394 g/mol. The van der Waals surface area contributed by atoms with Crippen molar-refractivity contribution >= 4 is 43.7 Å². The second-order valence-electron chi connectivity index (χ2n) is 6.17. The number of hydrogen-bond donors (Lipinski definition) is 0. The molecule has 4 rings (SSSR count).